The summed E-state index contributed by atoms with van der Waals surface area (Å²) in [7, 11) is 0. The monoisotopic (exact) mass is 190 g/mol. The topological polar surface area (TPSA) is 30.2 Å². The Bertz CT molecular complexity index is 414. The van der Waals surface area contributed by atoms with Gasteiger partial charge in [-0.05, 0) is 27.7 Å². The lowest BCUT2D eigenvalue weighted by molar-refractivity contribution is 0.0996. The molecule has 0 fully saturated rings. The molecule has 2 heteroatoms. The molecule has 0 aliphatic heterocycles. The number of hydrogen-bond acceptors (Lipinski definition) is 2. The Morgan fingerprint density at radius 1 is 1.29 bits per heavy atom. The summed E-state index contributed by atoms with van der Waals surface area (Å²) in [5.74, 6) is 7.04. The van der Waals surface area contributed by atoms with Crippen LogP contribution in [0.4, 0.5) is 0 Å². The summed E-state index contributed by atoms with van der Waals surface area (Å²) in [6.45, 7) is 7.31. The molecule has 0 spiro atoms. The SMILES string of the molecule is CC#CCC(=O)c1c(C)oc(C)c1C. The molecule has 1 heterocycles. The summed E-state index contributed by atoms with van der Waals surface area (Å²) in [5, 5.41) is 0. The van der Waals surface area contributed by atoms with E-state index in [1.165, 1.54) is 0 Å². The highest BCUT2D eigenvalue weighted by Gasteiger charge is 2.17. The second kappa shape index (κ2) is 4.15. The van der Waals surface area contributed by atoms with Crippen molar-refractivity contribution in [2.75, 3.05) is 0 Å². The summed E-state index contributed by atoms with van der Waals surface area (Å²) in [4.78, 5) is 11.7. The van der Waals surface area contributed by atoms with Crippen molar-refractivity contribution in [3.8, 4) is 11.8 Å². The van der Waals surface area contributed by atoms with E-state index in [2.05, 4.69) is 11.8 Å². The van der Waals surface area contributed by atoms with Gasteiger partial charge in [0.2, 0.25) is 0 Å². The van der Waals surface area contributed by atoms with Crippen LogP contribution in [-0.2, 0) is 0 Å². The molecule has 0 atom stereocenters. The summed E-state index contributed by atoms with van der Waals surface area (Å²) < 4.78 is 5.38. The molecule has 0 amide bonds. The van der Waals surface area contributed by atoms with E-state index in [-0.39, 0.29) is 12.2 Å². The fourth-order valence-electron chi connectivity index (χ4n) is 1.46. The van der Waals surface area contributed by atoms with Crippen LogP contribution in [0.5, 0.6) is 0 Å². The largest absolute Gasteiger partial charge is 0.466 e. The number of Topliss-reactive ketones (excluding diaryl/α,β-unsaturated/α-hetero) is 1. The molecular weight excluding hydrogens is 176 g/mol. The second-order valence-electron chi connectivity index (χ2n) is 3.24. The van der Waals surface area contributed by atoms with Crippen LogP contribution in [0.15, 0.2) is 4.42 Å². The van der Waals surface area contributed by atoms with E-state index in [0.29, 0.717) is 11.3 Å². The molecule has 74 valence electrons. The van der Waals surface area contributed by atoms with Crippen LogP contribution in [-0.4, -0.2) is 5.78 Å². The van der Waals surface area contributed by atoms with Gasteiger partial charge in [0.05, 0.1) is 12.0 Å². The van der Waals surface area contributed by atoms with Crippen LogP contribution in [0.2, 0.25) is 0 Å². The Labute approximate surface area is 84.3 Å². The highest BCUT2D eigenvalue weighted by Crippen LogP contribution is 2.21. The molecule has 0 aliphatic rings. The van der Waals surface area contributed by atoms with E-state index in [0.717, 1.165) is 11.3 Å². The maximum absolute atomic E-state index is 11.7. The highest BCUT2D eigenvalue weighted by atomic mass is 16.3. The zero-order valence-corrected chi connectivity index (χ0v) is 9.02. The lowest BCUT2D eigenvalue weighted by Gasteiger charge is -1.95. The first-order valence-electron chi connectivity index (χ1n) is 4.57. The number of hydrogen-bond donors (Lipinski definition) is 0. The Morgan fingerprint density at radius 3 is 2.36 bits per heavy atom. The zero-order chi connectivity index (χ0) is 10.7. The minimum atomic E-state index is 0.0474. The van der Waals surface area contributed by atoms with Gasteiger partial charge in [0.1, 0.15) is 11.5 Å². The minimum Gasteiger partial charge on any atom is -0.466 e. The Balaban J connectivity index is 3.04. The average Bonchev–Trinajstić information content (AvgIpc) is 2.38. The van der Waals surface area contributed by atoms with Crippen LogP contribution < -0.4 is 0 Å². The molecule has 0 aliphatic carbocycles. The molecule has 0 radical (unpaired) electrons. The smallest absolute Gasteiger partial charge is 0.178 e. The molecule has 0 saturated heterocycles. The molecular formula is C12H14O2. The quantitative estimate of drug-likeness (QED) is 0.530. The van der Waals surface area contributed by atoms with E-state index >= 15 is 0 Å². The van der Waals surface area contributed by atoms with Gasteiger partial charge in [-0.1, -0.05) is 5.92 Å². The molecule has 2 nitrogen and oxygen atoms in total. The van der Waals surface area contributed by atoms with Crippen LogP contribution in [0, 0.1) is 32.6 Å². The van der Waals surface area contributed by atoms with Crippen molar-refractivity contribution in [2.24, 2.45) is 0 Å². The normalized spacial score (nSPS) is 9.43. The number of rotatable bonds is 2. The third-order valence-corrected chi connectivity index (χ3v) is 2.27. The number of carbonyl (C=O) groups excluding carboxylic acids is 1. The maximum Gasteiger partial charge on any atom is 0.178 e. The van der Waals surface area contributed by atoms with Gasteiger partial charge >= 0.3 is 0 Å². The van der Waals surface area contributed by atoms with E-state index in [1.54, 1.807) is 6.92 Å². The Morgan fingerprint density at radius 2 is 1.93 bits per heavy atom. The van der Waals surface area contributed by atoms with Gasteiger partial charge in [0, 0.05) is 5.56 Å². The van der Waals surface area contributed by atoms with E-state index in [1.807, 2.05) is 20.8 Å². The predicted molar refractivity (Wildman–Crippen MR) is 55.3 cm³/mol. The number of aryl methyl sites for hydroxylation is 2. The summed E-state index contributed by atoms with van der Waals surface area (Å²) in [6.07, 6.45) is 0.275. The molecule has 0 bridgehead atoms. The average molecular weight is 190 g/mol. The van der Waals surface area contributed by atoms with Crippen LogP contribution in [0.3, 0.4) is 0 Å². The van der Waals surface area contributed by atoms with Gasteiger partial charge in [-0.2, -0.15) is 0 Å². The van der Waals surface area contributed by atoms with Gasteiger partial charge in [0.15, 0.2) is 5.78 Å². The van der Waals surface area contributed by atoms with Gasteiger partial charge in [0.25, 0.3) is 0 Å². The van der Waals surface area contributed by atoms with Crippen molar-refractivity contribution < 1.29 is 9.21 Å². The van der Waals surface area contributed by atoms with Crippen molar-refractivity contribution in [3.05, 3.63) is 22.6 Å². The first kappa shape index (κ1) is 10.6. The summed E-state index contributed by atoms with van der Waals surface area (Å²) in [6, 6.07) is 0. The van der Waals surface area contributed by atoms with Crippen molar-refractivity contribution >= 4 is 5.78 Å². The molecule has 0 N–H and O–H groups in total. The van der Waals surface area contributed by atoms with Gasteiger partial charge in [-0.25, -0.2) is 0 Å². The van der Waals surface area contributed by atoms with Crippen molar-refractivity contribution in [3.63, 3.8) is 0 Å². The van der Waals surface area contributed by atoms with Crippen LogP contribution in [0.1, 0.15) is 40.8 Å². The number of carbonyl (C=O) groups is 1. The fraction of sp³-hybridized carbons (Fsp3) is 0.417. The minimum absolute atomic E-state index is 0.0474. The van der Waals surface area contributed by atoms with E-state index in [4.69, 9.17) is 4.42 Å². The first-order chi connectivity index (χ1) is 6.57. The first-order valence-corrected chi connectivity index (χ1v) is 4.57. The van der Waals surface area contributed by atoms with Gasteiger partial charge in [-0.15, -0.1) is 5.92 Å². The molecule has 14 heavy (non-hydrogen) atoms. The lowest BCUT2D eigenvalue weighted by Crippen LogP contribution is -2.00. The van der Waals surface area contributed by atoms with Crippen LogP contribution >= 0.6 is 0 Å². The van der Waals surface area contributed by atoms with Gasteiger partial charge < -0.3 is 4.42 Å². The summed E-state index contributed by atoms with van der Waals surface area (Å²) in [5.41, 5.74) is 1.63. The molecule has 1 aromatic heterocycles. The molecule has 1 rings (SSSR count). The number of furan rings is 1. The third-order valence-electron chi connectivity index (χ3n) is 2.27. The van der Waals surface area contributed by atoms with E-state index in [9.17, 15) is 4.79 Å². The van der Waals surface area contributed by atoms with Crippen molar-refractivity contribution in [1.82, 2.24) is 0 Å². The predicted octanol–water partition coefficient (Wildman–Crippen LogP) is 2.80. The van der Waals surface area contributed by atoms with E-state index < -0.39 is 0 Å². The second-order valence-corrected chi connectivity index (χ2v) is 3.24. The summed E-state index contributed by atoms with van der Waals surface area (Å²) >= 11 is 0. The van der Waals surface area contributed by atoms with Crippen molar-refractivity contribution in [1.29, 1.82) is 0 Å². The molecule has 1 aromatic rings. The highest BCUT2D eigenvalue weighted by molar-refractivity contribution is 5.99. The lowest BCUT2D eigenvalue weighted by atomic mass is 10.0. The number of ketones is 1. The zero-order valence-electron chi connectivity index (χ0n) is 9.02. The Hall–Kier alpha value is -1.49. The maximum atomic E-state index is 11.7. The fourth-order valence-corrected chi connectivity index (χ4v) is 1.46. The van der Waals surface area contributed by atoms with Crippen molar-refractivity contribution in [2.45, 2.75) is 34.1 Å². The molecule has 0 aromatic carbocycles. The Kier molecular flexibility index (Phi) is 3.14. The standard InChI is InChI=1S/C12H14O2/c1-5-6-7-11(13)12-8(2)9(3)14-10(12)4/h7H2,1-4H3. The molecule has 0 saturated carbocycles. The third kappa shape index (κ3) is 1.88. The van der Waals surface area contributed by atoms with Crippen LogP contribution in [0.25, 0.3) is 0 Å². The molecule has 0 unspecified atom stereocenters. The van der Waals surface area contributed by atoms with Gasteiger partial charge in [-0.3, -0.25) is 4.79 Å².